The summed E-state index contributed by atoms with van der Waals surface area (Å²) in [5.41, 5.74) is 5.46. The van der Waals surface area contributed by atoms with Crippen LogP contribution in [-0.4, -0.2) is 36.0 Å². The van der Waals surface area contributed by atoms with Crippen LogP contribution in [0.2, 0.25) is 0 Å². The Morgan fingerprint density at radius 1 is 1.45 bits per heavy atom. The summed E-state index contributed by atoms with van der Waals surface area (Å²) in [7, 11) is 0. The highest BCUT2D eigenvalue weighted by atomic mass is 19.1. The van der Waals surface area contributed by atoms with Crippen molar-refractivity contribution in [3.63, 3.8) is 0 Å². The van der Waals surface area contributed by atoms with Gasteiger partial charge in [-0.25, -0.2) is 4.39 Å². The van der Waals surface area contributed by atoms with Crippen molar-refractivity contribution in [3.05, 3.63) is 30.1 Å². The number of carbonyl (C=O) groups excluding carboxylic acids is 1. The van der Waals surface area contributed by atoms with Crippen LogP contribution in [0.3, 0.4) is 0 Å². The van der Waals surface area contributed by atoms with E-state index in [1.54, 1.807) is 12.1 Å². The first kappa shape index (κ1) is 14.8. The Morgan fingerprint density at radius 3 is 2.90 bits per heavy atom. The van der Waals surface area contributed by atoms with Crippen molar-refractivity contribution in [2.24, 2.45) is 5.73 Å². The van der Waals surface area contributed by atoms with Crippen molar-refractivity contribution in [2.45, 2.75) is 31.7 Å². The summed E-state index contributed by atoms with van der Waals surface area (Å²) in [6.07, 6.45) is 2.22. The number of primary amides is 1. The predicted octanol–water partition coefficient (Wildman–Crippen LogP) is 1.97. The molecule has 1 saturated heterocycles. The Labute approximate surface area is 119 Å². The summed E-state index contributed by atoms with van der Waals surface area (Å²) in [6, 6.07) is 6.17. The van der Waals surface area contributed by atoms with E-state index >= 15 is 0 Å². The number of likely N-dealkylation sites (tertiary alicyclic amines) is 1. The highest BCUT2D eigenvalue weighted by molar-refractivity contribution is 5.88. The Kier molecular flexibility index (Phi) is 4.60. The van der Waals surface area contributed by atoms with Crippen molar-refractivity contribution >= 4 is 11.6 Å². The fourth-order valence-corrected chi connectivity index (χ4v) is 2.78. The maximum Gasteiger partial charge on any atom is 0.243 e. The summed E-state index contributed by atoms with van der Waals surface area (Å²) in [6.45, 7) is 4.87. The quantitative estimate of drug-likeness (QED) is 0.886. The zero-order valence-electron chi connectivity index (χ0n) is 11.9. The zero-order chi connectivity index (χ0) is 14.6. The number of rotatable bonds is 4. The van der Waals surface area contributed by atoms with Gasteiger partial charge in [-0.1, -0.05) is 13.0 Å². The second-order valence-corrected chi connectivity index (χ2v) is 5.37. The van der Waals surface area contributed by atoms with Gasteiger partial charge in [-0.2, -0.15) is 0 Å². The molecule has 2 rings (SSSR count). The van der Waals surface area contributed by atoms with Crippen molar-refractivity contribution in [3.8, 4) is 0 Å². The molecular weight excluding hydrogens is 257 g/mol. The lowest BCUT2D eigenvalue weighted by atomic mass is 9.89. The van der Waals surface area contributed by atoms with Crippen LogP contribution in [-0.2, 0) is 4.79 Å². The first-order valence-corrected chi connectivity index (χ1v) is 7.12. The van der Waals surface area contributed by atoms with Gasteiger partial charge in [-0.05, 0) is 50.6 Å². The number of anilines is 1. The summed E-state index contributed by atoms with van der Waals surface area (Å²) in [5.74, 6) is -0.682. The molecule has 0 aliphatic carbocycles. The SMILES string of the molecule is CCN1CCCC(Nc2cccc(F)c2)(C(N)=O)CC1. The standard InChI is InChI=1S/C15H22FN3O/c1-2-19-9-4-7-15(8-10-19,14(17)20)18-13-6-3-5-12(16)11-13/h3,5-6,11,18H,2,4,7-10H2,1H3,(H2,17,20). The number of halogens is 1. The summed E-state index contributed by atoms with van der Waals surface area (Å²) in [5, 5.41) is 3.18. The number of nitrogens with one attached hydrogen (secondary N) is 1. The monoisotopic (exact) mass is 279 g/mol. The second kappa shape index (κ2) is 6.22. The lowest BCUT2D eigenvalue weighted by Gasteiger charge is -2.31. The number of carbonyl (C=O) groups is 1. The molecule has 1 aliphatic heterocycles. The van der Waals surface area contributed by atoms with Crippen LogP contribution >= 0.6 is 0 Å². The largest absolute Gasteiger partial charge is 0.371 e. The molecule has 1 aromatic rings. The molecular formula is C15H22FN3O. The molecule has 5 heteroatoms. The third kappa shape index (κ3) is 3.28. The highest BCUT2D eigenvalue weighted by Gasteiger charge is 2.38. The average molecular weight is 279 g/mol. The van der Waals surface area contributed by atoms with Gasteiger partial charge in [0.25, 0.3) is 0 Å². The van der Waals surface area contributed by atoms with Crippen LogP contribution in [0.15, 0.2) is 24.3 Å². The first-order valence-electron chi connectivity index (χ1n) is 7.12. The predicted molar refractivity (Wildman–Crippen MR) is 77.9 cm³/mol. The van der Waals surface area contributed by atoms with E-state index in [1.807, 2.05) is 0 Å². The van der Waals surface area contributed by atoms with Crippen LogP contribution in [0.25, 0.3) is 0 Å². The normalized spacial score (nSPS) is 24.1. The van der Waals surface area contributed by atoms with Gasteiger partial charge in [0.15, 0.2) is 0 Å². The molecule has 0 saturated carbocycles. The van der Waals surface area contributed by atoms with E-state index in [2.05, 4.69) is 17.1 Å². The molecule has 1 atom stereocenters. The molecule has 4 nitrogen and oxygen atoms in total. The number of hydrogen-bond acceptors (Lipinski definition) is 3. The van der Waals surface area contributed by atoms with Crippen molar-refractivity contribution in [1.29, 1.82) is 0 Å². The van der Waals surface area contributed by atoms with E-state index < -0.39 is 5.54 Å². The van der Waals surface area contributed by atoms with Gasteiger partial charge in [0.1, 0.15) is 11.4 Å². The minimum atomic E-state index is -0.780. The van der Waals surface area contributed by atoms with E-state index in [4.69, 9.17) is 5.73 Å². The molecule has 20 heavy (non-hydrogen) atoms. The van der Waals surface area contributed by atoms with Crippen molar-refractivity contribution < 1.29 is 9.18 Å². The molecule has 1 aromatic carbocycles. The molecule has 0 radical (unpaired) electrons. The van der Waals surface area contributed by atoms with Gasteiger partial charge < -0.3 is 16.0 Å². The lowest BCUT2D eigenvalue weighted by Crippen LogP contribution is -2.51. The zero-order valence-corrected chi connectivity index (χ0v) is 11.9. The van der Waals surface area contributed by atoms with Crippen molar-refractivity contribution in [1.82, 2.24) is 4.90 Å². The summed E-state index contributed by atoms with van der Waals surface area (Å²) in [4.78, 5) is 14.3. The Hall–Kier alpha value is -1.62. The lowest BCUT2D eigenvalue weighted by molar-refractivity contribution is -0.122. The number of hydrogen-bond donors (Lipinski definition) is 2. The third-order valence-electron chi connectivity index (χ3n) is 4.06. The molecule has 1 unspecified atom stereocenters. The Balaban J connectivity index is 2.19. The topological polar surface area (TPSA) is 58.4 Å². The maximum atomic E-state index is 13.3. The molecule has 1 aliphatic rings. The van der Waals surface area contributed by atoms with E-state index in [0.29, 0.717) is 18.5 Å². The van der Waals surface area contributed by atoms with Gasteiger partial charge >= 0.3 is 0 Å². The number of amides is 1. The van der Waals surface area contributed by atoms with E-state index in [-0.39, 0.29) is 11.7 Å². The van der Waals surface area contributed by atoms with Gasteiger partial charge in [0.05, 0.1) is 0 Å². The minimum absolute atomic E-state index is 0.321. The molecule has 1 heterocycles. The van der Waals surface area contributed by atoms with Gasteiger partial charge in [0.2, 0.25) is 5.91 Å². The number of nitrogens with two attached hydrogens (primary N) is 1. The van der Waals surface area contributed by atoms with Crippen LogP contribution in [0.5, 0.6) is 0 Å². The molecule has 1 amide bonds. The fourth-order valence-electron chi connectivity index (χ4n) is 2.78. The average Bonchev–Trinajstić information content (AvgIpc) is 2.62. The Morgan fingerprint density at radius 2 is 2.25 bits per heavy atom. The second-order valence-electron chi connectivity index (χ2n) is 5.37. The first-order chi connectivity index (χ1) is 9.55. The molecule has 0 spiro atoms. The van der Waals surface area contributed by atoms with Gasteiger partial charge in [0, 0.05) is 12.2 Å². The fraction of sp³-hybridized carbons (Fsp3) is 0.533. The summed E-state index contributed by atoms with van der Waals surface area (Å²) < 4.78 is 13.3. The van der Waals surface area contributed by atoms with Gasteiger partial charge in [-0.3, -0.25) is 4.79 Å². The van der Waals surface area contributed by atoms with E-state index in [9.17, 15) is 9.18 Å². The number of nitrogens with zero attached hydrogens (tertiary/aromatic N) is 1. The van der Waals surface area contributed by atoms with Crippen LogP contribution in [0.1, 0.15) is 26.2 Å². The molecule has 0 bridgehead atoms. The number of benzene rings is 1. The van der Waals surface area contributed by atoms with Crippen LogP contribution < -0.4 is 11.1 Å². The molecule has 3 N–H and O–H groups in total. The highest BCUT2D eigenvalue weighted by Crippen LogP contribution is 2.27. The van der Waals surface area contributed by atoms with Crippen molar-refractivity contribution in [2.75, 3.05) is 25.0 Å². The Bertz CT molecular complexity index is 480. The maximum absolute atomic E-state index is 13.3. The van der Waals surface area contributed by atoms with Gasteiger partial charge in [-0.15, -0.1) is 0 Å². The van der Waals surface area contributed by atoms with E-state index in [0.717, 1.165) is 26.1 Å². The molecule has 110 valence electrons. The smallest absolute Gasteiger partial charge is 0.243 e. The molecule has 1 fully saturated rings. The third-order valence-corrected chi connectivity index (χ3v) is 4.06. The summed E-state index contributed by atoms with van der Waals surface area (Å²) >= 11 is 0. The molecule has 0 aromatic heterocycles. The van der Waals surface area contributed by atoms with E-state index in [1.165, 1.54) is 12.1 Å². The van der Waals surface area contributed by atoms with Crippen LogP contribution in [0, 0.1) is 5.82 Å². The van der Waals surface area contributed by atoms with Crippen LogP contribution in [0.4, 0.5) is 10.1 Å². The minimum Gasteiger partial charge on any atom is -0.371 e.